The van der Waals surface area contributed by atoms with Gasteiger partial charge in [-0.05, 0) is 44.8 Å². The number of nitrogens with zero attached hydrogens (tertiary/aromatic N) is 1. The van der Waals surface area contributed by atoms with Crippen LogP contribution in [0.25, 0.3) is 0 Å². The van der Waals surface area contributed by atoms with Gasteiger partial charge in [0, 0.05) is 0 Å². The molecule has 0 saturated carbocycles. The highest BCUT2D eigenvalue weighted by Crippen LogP contribution is 2.26. The van der Waals surface area contributed by atoms with Gasteiger partial charge in [0.25, 0.3) is 0 Å². The first-order valence-electron chi connectivity index (χ1n) is 4.67. The zero-order valence-corrected chi connectivity index (χ0v) is 7.27. The highest BCUT2D eigenvalue weighted by Gasteiger charge is 2.24. The molecule has 3 rings (SSSR count). The minimum absolute atomic E-state index is 1.11. The van der Waals surface area contributed by atoms with Crippen LogP contribution in [-0.4, -0.2) is 24.5 Å². The van der Waals surface area contributed by atoms with Gasteiger partial charge in [0.05, 0.1) is 0 Å². The summed E-state index contributed by atoms with van der Waals surface area (Å²) in [6.07, 6.45) is 4.46. The lowest BCUT2D eigenvalue weighted by atomic mass is 9.89. The van der Waals surface area contributed by atoms with E-state index < -0.39 is 0 Å². The first kappa shape index (κ1) is 8.06. The zero-order valence-electron chi connectivity index (χ0n) is 7.27. The minimum Gasteiger partial charge on any atom is -0.303 e. The van der Waals surface area contributed by atoms with Gasteiger partial charge in [0.1, 0.15) is 0 Å². The van der Waals surface area contributed by atoms with Gasteiger partial charge < -0.3 is 4.90 Å². The van der Waals surface area contributed by atoms with Crippen LogP contribution in [0.1, 0.15) is 33.1 Å². The average Bonchev–Trinajstić information content (AvgIpc) is 2.11. The van der Waals surface area contributed by atoms with Gasteiger partial charge in [-0.3, -0.25) is 0 Å². The Hall–Kier alpha value is -0.0400. The molecule has 3 aliphatic heterocycles. The fourth-order valence-corrected chi connectivity index (χ4v) is 1.86. The second kappa shape index (κ2) is 3.97. The summed E-state index contributed by atoms with van der Waals surface area (Å²) >= 11 is 0. The van der Waals surface area contributed by atoms with Crippen molar-refractivity contribution in [2.75, 3.05) is 19.6 Å². The highest BCUT2D eigenvalue weighted by atomic mass is 15.1. The van der Waals surface area contributed by atoms with Crippen molar-refractivity contribution in [3.63, 3.8) is 0 Å². The molecule has 2 bridgehead atoms. The summed E-state index contributed by atoms with van der Waals surface area (Å²) < 4.78 is 0. The van der Waals surface area contributed by atoms with Gasteiger partial charge in [-0.25, -0.2) is 0 Å². The van der Waals surface area contributed by atoms with Gasteiger partial charge >= 0.3 is 0 Å². The molecule has 0 spiro atoms. The van der Waals surface area contributed by atoms with E-state index in [0.717, 1.165) is 5.92 Å². The van der Waals surface area contributed by atoms with E-state index in [2.05, 4.69) is 4.90 Å². The van der Waals surface area contributed by atoms with Crippen LogP contribution in [0.5, 0.6) is 0 Å². The van der Waals surface area contributed by atoms with E-state index in [9.17, 15) is 0 Å². The predicted octanol–water partition coefficient (Wildman–Crippen LogP) is 2.13. The number of hydrogen-bond donors (Lipinski definition) is 0. The minimum atomic E-state index is 1.11. The van der Waals surface area contributed by atoms with Crippen LogP contribution in [-0.2, 0) is 0 Å². The third kappa shape index (κ3) is 1.72. The summed E-state index contributed by atoms with van der Waals surface area (Å²) in [5.41, 5.74) is 0. The van der Waals surface area contributed by atoms with E-state index in [1.54, 1.807) is 0 Å². The molecule has 1 heteroatoms. The molecule has 0 amide bonds. The van der Waals surface area contributed by atoms with Crippen LogP contribution in [0, 0.1) is 5.92 Å². The molecule has 1 nitrogen and oxygen atoms in total. The topological polar surface area (TPSA) is 3.24 Å². The Balaban J connectivity index is 0.000000231. The molecule has 3 saturated heterocycles. The van der Waals surface area contributed by atoms with Crippen molar-refractivity contribution in [2.24, 2.45) is 5.92 Å². The van der Waals surface area contributed by atoms with E-state index >= 15 is 0 Å². The van der Waals surface area contributed by atoms with Gasteiger partial charge in [-0.1, -0.05) is 13.8 Å². The zero-order chi connectivity index (χ0) is 7.40. The summed E-state index contributed by atoms with van der Waals surface area (Å²) in [5, 5.41) is 0. The first-order valence-corrected chi connectivity index (χ1v) is 4.67. The average molecular weight is 141 g/mol. The third-order valence-electron chi connectivity index (χ3n) is 2.56. The molecule has 0 atom stereocenters. The maximum absolute atomic E-state index is 2.58. The van der Waals surface area contributed by atoms with Crippen molar-refractivity contribution in [1.82, 2.24) is 4.90 Å². The van der Waals surface area contributed by atoms with Crippen molar-refractivity contribution in [1.29, 1.82) is 0 Å². The smallest absolute Gasteiger partial charge is 0.00161 e. The van der Waals surface area contributed by atoms with E-state index in [4.69, 9.17) is 0 Å². The van der Waals surface area contributed by atoms with Crippen molar-refractivity contribution in [2.45, 2.75) is 33.1 Å². The molecule has 3 heterocycles. The Morgan fingerprint density at radius 1 is 0.900 bits per heavy atom. The van der Waals surface area contributed by atoms with Gasteiger partial charge in [0.2, 0.25) is 0 Å². The van der Waals surface area contributed by atoms with Gasteiger partial charge in [0.15, 0.2) is 0 Å². The van der Waals surface area contributed by atoms with E-state index in [0.29, 0.717) is 0 Å². The molecule has 3 aliphatic rings. The standard InChI is InChI=1S/C7H13N.C2H6/c1-4-8-5-2-7(1)3-6-8;1-2/h7H,1-6H2;1-2H3. The Kier molecular flexibility index (Phi) is 3.20. The predicted molar refractivity (Wildman–Crippen MR) is 45.1 cm³/mol. The molecule has 3 fully saturated rings. The number of hydrogen-bond acceptors (Lipinski definition) is 1. The van der Waals surface area contributed by atoms with Crippen molar-refractivity contribution in [3.05, 3.63) is 0 Å². The van der Waals surface area contributed by atoms with E-state index in [1.165, 1.54) is 38.9 Å². The Bertz CT molecular complexity index is 59.7. The summed E-state index contributed by atoms with van der Waals surface area (Å²) in [6, 6.07) is 0. The molecule has 0 radical (unpaired) electrons. The summed E-state index contributed by atoms with van der Waals surface area (Å²) in [5.74, 6) is 1.11. The van der Waals surface area contributed by atoms with Gasteiger partial charge in [-0.2, -0.15) is 0 Å². The van der Waals surface area contributed by atoms with Crippen LogP contribution < -0.4 is 0 Å². The monoisotopic (exact) mass is 141 g/mol. The van der Waals surface area contributed by atoms with Crippen molar-refractivity contribution < 1.29 is 0 Å². The van der Waals surface area contributed by atoms with Crippen molar-refractivity contribution in [3.8, 4) is 0 Å². The quantitative estimate of drug-likeness (QED) is 0.499. The summed E-state index contributed by atoms with van der Waals surface area (Å²) in [7, 11) is 0. The Labute approximate surface area is 64.4 Å². The molecule has 0 aromatic rings. The maximum atomic E-state index is 2.58. The number of piperidine rings is 3. The lowest BCUT2D eigenvalue weighted by molar-refractivity contribution is 0.111. The molecule has 0 aromatic carbocycles. The largest absolute Gasteiger partial charge is 0.303 e. The van der Waals surface area contributed by atoms with E-state index in [-0.39, 0.29) is 0 Å². The second-order valence-corrected chi connectivity index (χ2v) is 3.07. The van der Waals surface area contributed by atoms with Gasteiger partial charge in [-0.15, -0.1) is 0 Å². The highest BCUT2D eigenvalue weighted by molar-refractivity contribution is 4.78. The molecule has 60 valence electrons. The van der Waals surface area contributed by atoms with Crippen LogP contribution in [0.15, 0.2) is 0 Å². The van der Waals surface area contributed by atoms with Crippen LogP contribution in [0.4, 0.5) is 0 Å². The Morgan fingerprint density at radius 3 is 1.40 bits per heavy atom. The van der Waals surface area contributed by atoms with Crippen LogP contribution in [0.2, 0.25) is 0 Å². The van der Waals surface area contributed by atoms with Crippen molar-refractivity contribution >= 4 is 0 Å². The fourth-order valence-electron chi connectivity index (χ4n) is 1.86. The molecule has 0 unspecified atom stereocenters. The molecule has 10 heavy (non-hydrogen) atoms. The van der Waals surface area contributed by atoms with Crippen LogP contribution >= 0.6 is 0 Å². The lowest BCUT2D eigenvalue weighted by Crippen LogP contribution is -2.41. The summed E-state index contributed by atoms with van der Waals surface area (Å²) in [6.45, 7) is 8.18. The normalized spacial score (nSPS) is 36.6. The molecule has 0 aliphatic carbocycles. The van der Waals surface area contributed by atoms with Crippen LogP contribution in [0.3, 0.4) is 0 Å². The van der Waals surface area contributed by atoms with E-state index in [1.807, 2.05) is 13.8 Å². The third-order valence-corrected chi connectivity index (χ3v) is 2.56. The molecule has 0 aromatic heterocycles. The molecular weight excluding hydrogens is 122 g/mol. The SMILES string of the molecule is C1CN2CCC1CC2.CC. The number of rotatable bonds is 0. The Morgan fingerprint density at radius 2 is 1.30 bits per heavy atom. The number of fused-ring (bicyclic) bond motifs is 3. The first-order chi connectivity index (χ1) is 4.95. The second-order valence-electron chi connectivity index (χ2n) is 3.07. The molecular formula is C9H19N. The summed E-state index contributed by atoms with van der Waals surface area (Å²) in [4.78, 5) is 2.58. The fraction of sp³-hybridized carbons (Fsp3) is 1.00. The maximum Gasteiger partial charge on any atom is -0.00161 e. The lowest BCUT2D eigenvalue weighted by Gasteiger charge is -2.38. The molecule has 0 N–H and O–H groups in total.